The van der Waals surface area contributed by atoms with Gasteiger partial charge >= 0.3 is 6.01 Å². The molecule has 5 nitrogen and oxygen atoms in total. The minimum atomic E-state index is -0.262. The van der Waals surface area contributed by atoms with Gasteiger partial charge in [0.2, 0.25) is 5.89 Å². The van der Waals surface area contributed by atoms with Gasteiger partial charge < -0.3 is 15.1 Å². The Morgan fingerprint density at radius 2 is 2.22 bits per heavy atom. The third-order valence-corrected chi connectivity index (χ3v) is 2.48. The molecule has 1 unspecified atom stereocenters. The number of nitrogens with one attached hydrogen (secondary N) is 2. The normalized spacial score (nSPS) is 12.4. The minimum Gasteiger partial charge on any atom is -0.407 e. The molecule has 6 heteroatoms. The Labute approximate surface area is 104 Å². The second-order valence-corrected chi connectivity index (χ2v) is 3.95. The standard InChI is InChI=1S/C12H15FN4O/c1-8(9-4-3-5-10(13)6-9)15-12-17-16-11(18-12)7-14-2/h3-6,8,14H,7H2,1-2H3,(H,15,17). The fraction of sp³-hybridized carbons (Fsp3) is 0.333. The molecule has 1 heterocycles. The van der Waals surface area contributed by atoms with E-state index in [4.69, 9.17) is 4.42 Å². The number of nitrogens with zero attached hydrogens (tertiary/aromatic N) is 2. The number of hydrogen-bond donors (Lipinski definition) is 2. The zero-order chi connectivity index (χ0) is 13.0. The van der Waals surface area contributed by atoms with Crippen LogP contribution in [-0.2, 0) is 6.54 Å². The molecular formula is C12H15FN4O. The van der Waals surface area contributed by atoms with Gasteiger partial charge in [0.25, 0.3) is 0 Å². The maximum Gasteiger partial charge on any atom is 0.315 e. The number of anilines is 1. The predicted molar refractivity (Wildman–Crippen MR) is 65.5 cm³/mol. The van der Waals surface area contributed by atoms with Gasteiger partial charge in [-0.2, -0.15) is 0 Å². The lowest BCUT2D eigenvalue weighted by Gasteiger charge is -2.11. The first kappa shape index (κ1) is 12.5. The van der Waals surface area contributed by atoms with E-state index in [0.717, 1.165) is 5.56 Å². The third-order valence-electron chi connectivity index (χ3n) is 2.48. The van der Waals surface area contributed by atoms with Gasteiger partial charge in [-0.05, 0) is 31.7 Å². The van der Waals surface area contributed by atoms with Crippen molar-refractivity contribution < 1.29 is 8.81 Å². The Morgan fingerprint density at radius 3 is 2.94 bits per heavy atom. The van der Waals surface area contributed by atoms with Crippen LogP contribution in [0.25, 0.3) is 0 Å². The first-order chi connectivity index (χ1) is 8.69. The quantitative estimate of drug-likeness (QED) is 0.850. The molecule has 2 rings (SSSR count). The molecule has 0 aliphatic heterocycles. The van der Waals surface area contributed by atoms with Crippen molar-refractivity contribution in [1.82, 2.24) is 15.5 Å². The molecule has 2 N–H and O–H groups in total. The Balaban J connectivity index is 2.04. The molecule has 0 radical (unpaired) electrons. The molecule has 0 bridgehead atoms. The summed E-state index contributed by atoms with van der Waals surface area (Å²) in [7, 11) is 1.80. The summed E-state index contributed by atoms with van der Waals surface area (Å²) in [6.45, 7) is 2.42. The van der Waals surface area contributed by atoms with E-state index in [1.54, 1.807) is 13.1 Å². The van der Waals surface area contributed by atoms with Crippen molar-refractivity contribution in [2.24, 2.45) is 0 Å². The van der Waals surface area contributed by atoms with Crippen molar-refractivity contribution in [1.29, 1.82) is 0 Å². The maximum absolute atomic E-state index is 13.1. The second-order valence-electron chi connectivity index (χ2n) is 3.95. The number of halogens is 1. The van der Waals surface area contributed by atoms with Crippen LogP contribution < -0.4 is 10.6 Å². The average Bonchev–Trinajstić information content (AvgIpc) is 2.77. The van der Waals surface area contributed by atoms with Gasteiger partial charge in [-0.1, -0.05) is 17.2 Å². The summed E-state index contributed by atoms with van der Waals surface area (Å²) in [5.74, 6) is 0.244. The Morgan fingerprint density at radius 1 is 1.39 bits per heavy atom. The van der Waals surface area contributed by atoms with Gasteiger partial charge in [-0.3, -0.25) is 0 Å². The molecule has 0 amide bonds. The molecule has 0 saturated carbocycles. The van der Waals surface area contributed by atoms with E-state index in [9.17, 15) is 4.39 Å². The Kier molecular flexibility index (Phi) is 3.88. The lowest BCUT2D eigenvalue weighted by Crippen LogP contribution is -2.07. The van der Waals surface area contributed by atoms with E-state index in [1.165, 1.54) is 12.1 Å². The van der Waals surface area contributed by atoms with Crippen LogP contribution in [0, 0.1) is 5.82 Å². The minimum absolute atomic E-state index is 0.108. The highest BCUT2D eigenvalue weighted by Crippen LogP contribution is 2.18. The highest BCUT2D eigenvalue weighted by Gasteiger charge is 2.10. The summed E-state index contributed by atoms with van der Waals surface area (Å²) >= 11 is 0. The Bertz CT molecular complexity index is 514. The monoisotopic (exact) mass is 250 g/mol. The summed E-state index contributed by atoms with van der Waals surface area (Å²) in [6.07, 6.45) is 0. The zero-order valence-corrected chi connectivity index (χ0v) is 10.3. The molecule has 2 aromatic rings. The molecule has 1 aromatic carbocycles. The molecule has 96 valence electrons. The maximum atomic E-state index is 13.1. The summed E-state index contributed by atoms with van der Waals surface area (Å²) in [6, 6.07) is 6.62. The van der Waals surface area contributed by atoms with Crippen LogP contribution in [0.5, 0.6) is 0 Å². The number of aromatic nitrogens is 2. The summed E-state index contributed by atoms with van der Waals surface area (Å²) in [5, 5.41) is 13.7. The van der Waals surface area contributed by atoms with Crippen molar-refractivity contribution in [2.75, 3.05) is 12.4 Å². The van der Waals surface area contributed by atoms with Gasteiger partial charge in [0, 0.05) is 0 Å². The topological polar surface area (TPSA) is 63.0 Å². The van der Waals surface area contributed by atoms with Gasteiger partial charge in [-0.15, -0.1) is 5.10 Å². The van der Waals surface area contributed by atoms with Gasteiger partial charge in [0.1, 0.15) is 5.82 Å². The van der Waals surface area contributed by atoms with E-state index in [-0.39, 0.29) is 11.9 Å². The smallest absolute Gasteiger partial charge is 0.315 e. The molecule has 0 saturated heterocycles. The first-order valence-electron chi connectivity index (χ1n) is 5.68. The molecule has 1 aromatic heterocycles. The van der Waals surface area contributed by atoms with Crippen LogP contribution in [0.15, 0.2) is 28.7 Å². The summed E-state index contributed by atoms with van der Waals surface area (Å²) in [5.41, 5.74) is 0.823. The fourth-order valence-electron chi connectivity index (χ4n) is 1.58. The van der Waals surface area contributed by atoms with Crippen LogP contribution in [0.2, 0.25) is 0 Å². The van der Waals surface area contributed by atoms with Crippen LogP contribution >= 0.6 is 0 Å². The number of benzene rings is 1. The molecule has 18 heavy (non-hydrogen) atoms. The lowest BCUT2D eigenvalue weighted by atomic mass is 10.1. The zero-order valence-electron chi connectivity index (χ0n) is 10.3. The largest absolute Gasteiger partial charge is 0.407 e. The SMILES string of the molecule is CNCc1nnc(NC(C)c2cccc(F)c2)o1. The van der Waals surface area contributed by atoms with Gasteiger partial charge in [0.05, 0.1) is 12.6 Å². The highest BCUT2D eigenvalue weighted by molar-refractivity contribution is 5.28. The lowest BCUT2D eigenvalue weighted by molar-refractivity contribution is 0.486. The van der Waals surface area contributed by atoms with Crippen molar-refractivity contribution in [2.45, 2.75) is 19.5 Å². The van der Waals surface area contributed by atoms with Crippen LogP contribution in [0.3, 0.4) is 0 Å². The van der Waals surface area contributed by atoms with Crippen LogP contribution in [0.4, 0.5) is 10.4 Å². The van der Waals surface area contributed by atoms with Crippen molar-refractivity contribution in [3.63, 3.8) is 0 Å². The molecule has 0 spiro atoms. The highest BCUT2D eigenvalue weighted by atomic mass is 19.1. The molecule has 0 aliphatic carbocycles. The first-order valence-corrected chi connectivity index (χ1v) is 5.68. The van der Waals surface area contributed by atoms with Crippen LogP contribution in [-0.4, -0.2) is 17.2 Å². The van der Waals surface area contributed by atoms with E-state index in [0.29, 0.717) is 18.5 Å². The molecular weight excluding hydrogens is 235 g/mol. The number of hydrogen-bond acceptors (Lipinski definition) is 5. The van der Waals surface area contributed by atoms with Crippen LogP contribution in [0.1, 0.15) is 24.4 Å². The average molecular weight is 250 g/mol. The second kappa shape index (κ2) is 5.59. The van der Waals surface area contributed by atoms with Crippen molar-refractivity contribution >= 4 is 6.01 Å². The molecule has 0 fully saturated rings. The summed E-state index contributed by atoms with van der Waals surface area (Å²) in [4.78, 5) is 0. The van der Waals surface area contributed by atoms with E-state index in [2.05, 4.69) is 20.8 Å². The summed E-state index contributed by atoms with van der Waals surface area (Å²) < 4.78 is 18.4. The molecule has 1 atom stereocenters. The predicted octanol–water partition coefficient (Wildman–Crippen LogP) is 2.10. The van der Waals surface area contributed by atoms with Gasteiger partial charge in [-0.25, -0.2) is 4.39 Å². The van der Waals surface area contributed by atoms with Gasteiger partial charge in [0.15, 0.2) is 0 Å². The van der Waals surface area contributed by atoms with E-state index >= 15 is 0 Å². The van der Waals surface area contributed by atoms with E-state index < -0.39 is 0 Å². The third kappa shape index (κ3) is 3.04. The molecule has 0 aliphatic rings. The number of rotatable bonds is 5. The Hall–Kier alpha value is -1.95. The van der Waals surface area contributed by atoms with Crippen molar-refractivity contribution in [3.05, 3.63) is 41.5 Å². The van der Waals surface area contributed by atoms with Crippen molar-refractivity contribution in [3.8, 4) is 0 Å². The van der Waals surface area contributed by atoms with E-state index in [1.807, 2.05) is 13.0 Å². The fourth-order valence-corrected chi connectivity index (χ4v) is 1.58.